The molecule has 1 aromatic carbocycles. The van der Waals surface area contributed by atoms with E-state index in [-0.39, 0.29) is 12.1 Å². The fourth-order valence-electron chi connectivity index (χ4n) is 3.27. The number of para-hydroxylation sites is 1. The molecule has 1 N–H and O–H groups in total. The van der Waals surface area contributed by atoms with Crippen molar-refractivity contribution in [2.45, 2.75) is 32.0 Å². The van der Waals surface area contributed by atoms with Gasteiger partial charge in [-0.15, -0.1) is 0 Å². The maximum atomic E-state index is 5.96. The van der Waals surface area contributed by atoms with E-state index in [4.69, 9.17) is 14.2 Å². The summed E-state index contributed by atoms with van der Waals surface area (Å²) in [5.41, 5.74) is 3.44. The predicted octanol–water partition coefficient (Wildman–Crippen LogP) is 2.08. The molecular weight excluding hydrogens is 294 g/mol. The van der Waals surface area contributed by atoms with E-state index in [0.29, 0.717) is 6.79 Å². The minimum atomic E-state index is 0.0534. The van der Waals surface area contributed by atoms with Crippen molar-refractivity contribution in [1.29, 1.82) is 0 Å². The topological polar surface area (TPSA) is 57.5 Å². The van der Waals surface area contributed by atoms with Crippen LogP contribution in [0, 0.1) is 6.92 Å². The van der Waals surface area contributed by atoms with Gasteiger partial charge in [-0.2, -0.15) is 5.10 Å². The monoisotopic (exact) mass is 315 g/mol. The van der Waals surface area contributed by atoms with Crippen LogP contribution in [0.25, 0.3) is 0 Å². The van der Waals surface area contributed by atoms with Crippen LogP contribution in [0.1, 0.15) is 29.3 Å². The van der Waals surface area contributed by atoms with Crippen LogP contribution < -0.4 is 14.8 Å². The quantitative estimate of drug-likeness (QED) is 0.936. The Kier molecular flexibility index (Phi) is 3.71. The largest absolute Gasteiger partial charge is 0.454 e. The summed E-state index contributed by atoms with van der Waals surface area (Å²) in [6, 6.07) is 6.28. The Bertz CT molecular complexity index is 713. The molecule has 0 unspecified atom stereocenters. The van der Waals surface area contributed by atoms with Crippen LogP contribution in [0.5, 0.6) is 11.5 Å². The molecule has 1 saturated heterocycles. The summed E-state index contributed by atoms with van der Waals surface area (Å²) in [6.07, 6.45) is 2.96. The van der Waals surface area contributed by atoms with E-state index in [1.807, 2.05) is 30.1 Å². The molecule has 2 atom stereocenters. The summed E-state index contributed by atoms with van der Waals surface area (Å²) in [4.78, 5) is 0. The molecule has 0 amide bonds. The molecule has 1 fully saturated rings. The Labute approximate surface area is 135 Å². The molecule has 2 aliphatic rings. The minimum Gasteiger partial charge on any atom is -0.454 e. The Morgan fingerprint density at radius 2 is 2.26 bits per heavy atom. The van der Waals surface area contributed by atoms with Crippen molar-refractivity contribution in [3.8, 4) is 11.5 Å². The average molecular weight is 315 g/mol. The normalized spacial score (nSPS) is 22.7. The number of ether oxygens (including phenoxy) is 3. The third kappa shape index (κ3) is 2.58. The van der Waals surface area contributed by atoms with E-state index < -0.39 is 0 Å². The number of aromatic nitrogens is 2. The standard InChI is InChI=1S/C17H21N3O3/c1-11-13(9-19-20(11)2)17-14(6-7-21-17)18-8-12-4-3-5-15-16(12)23-10-22-15/h3-5,9,14,17-18H,6-8,10H2,1-2H3/t14-,17+/m0/s1. The molecule has 2 aliphatic heterocycles. The van der Waals surface area contributed by atoms with Crippen molar-refractivity contribution in [1.82, 2.24) is 15.1 Å². The zero-order valence-electron chi connectivity index (χ0n) is 13.4. The van der Waals surface area contributed by atoms with Gasteiger partial charge in [0, 0.05) is 43.1 Å². The second-order valence-corrected chi connectivity index (χ2v) is 6.03. The highest BCUT2D eigenvalue weighted by Crippen LogP contribution is 2.36. The number of hydrogen-bond donors (Lipinski definition) is 1. The summed E-state index contributed by atoms with van der Waals surface area (Å²) in [7, 11) is 1.96. The average Bonchev–Trinajstić information content (AvgIpc) is 3.27. The van der Waals surface area contributed by atoms with Gasteiger partial charge < -0.3 is 19.5 Å². The fraction of sp³-hybridized carbons (Fsp3) is 0.471. The molecule has 1 aromatic heterocycles. The van der Waals surface area contributed by atoms with E-state index in [1.165, 1.54) is 5.56 Å². The van der Waals surface area contributed by atoms with Gasteiger partial charge in [0.2, 0.25) is 6.79 Å². The van der Waals surface area contributed by atoms with Crippen LogP contribution in [0.2, 0.25) is 0 Å². The molecule has 0 radical (unpaired) electrons. The molecule has 6 nitrogen and oxygen atoms in total. The lowest BCUT2D eigenvalue weighted by atomic mass is 10.0. The van der Waals surface area contributed by atoms with Crippen LogP contribution in [0.3, 0.4) is 0 Å². The number of rotatable bonds is 4. The molecule has 2 aromatic rings. The van der Waals surface area contributed by atoms with Gasteiger partial charge in [0.05, 0.1) is 6.20 Å². The third-order valence-electron chi connectivity index (χ3n) is 4.70. The van der Waals surface area contributed by atoms with Crippen LogP contribution in [0.15, 0.2) is 24.4 Å². The molecule has 0 spiro atoms. The van der Waals surface area contributed by atoms with E-state index in [0.717, 1.165) is 42.3 Å². The SMILES string of the molecule is Cc1c([C@H]2OCC[C@@H]2NCc2cccc3c2OCO3)cnn1C. The molecule has 0 aliphatic carbocycles. The number of hydrogen-bond acceptors (Lipinski definition) is 5. The van der Waals surface area contributed by atoms with Gasteiger partial charge in [-0.25, -0.2) is 0 Å². The Hall–Kier alpha value is -2.05. The maximum Gasteiger partial charge on any atom is 0.231 e. The van der Waals surface area contributed by atoms with Gasteiger partial charge in [0.25, 0.3) is 0 Å². The number of nitrogens with zero attached hydrogens (tertiary/aromatic N) is 2. The lowest BCUT2D eigenvalue weighted by molar-refractivity contribution is 0.0978. The number of benzene rings is 1. The van der Waals surface area contributed by atoms with Gasteiger partial charge in [-0.3, -0.25) is 4.68 Å². The van der Waals surface area contributed by atoms with Crippen LogP contribution >= 0.6 is 0 Å². The first-order chi connectivity index (χ1) is 11.2. The third-order valence-corrected chi connectivity index (χ3v) is 4.70. The molecule has 0 saturated carbocycles. The van der Waals surface area contributed by atoms with Crippen LogP contribution in [-0.4, -0.2) is 29.2 Å². The van der Waals surface area contributed by atoms with E-state index in [9.17, 15) is 0 Å². The summed E-state index contributed by atoms with van der Waals surface area (Å²) >= 11 is 0. The molecule has 4 rings (SSSR count). The first kappa shape index (κ1) is 14.5. The summed E-state index contributed by atoms with van der Waals surface area (Å²) in [6.45, 7) is 3.88. The molecule has 23 heavy (non-hydrogen) atoms. The first-order valence-electron chi connectivity index (χ1n) is 7.95. The highest BCUT2D eigenvalue weighted by molar-refractivity contribution is 5.48. The van der Waals surface area contributed by atoms with Gasteiger partial charge in [-0.1, -0.05) is 12.1 Å². The van der Waals surface area contributed by atoms with Crippen molar-refractivity contribution < 1.29 is 14.2 Å². The molecule has 122 valence electrons. The molecule has 3 heterocycles. The smallest absolute Gasteiger partial charge is 0.231 e. The number of nitrogens with one attached hydrogen (secondary N) is 1. The highest BCUT2D eigenvalue weighted by Gasteiger charge is 2.32. The van der Waals surface area contributed by atoms with Crippen LogP contribution in [-0.2, 0) is 18.3 Å². The van der Waals surface area contributed by atoms with Gasteiger partial charge >= 0.3 is 0 Å². The number of fused-ring (bicyclic) bond motifs is 1. The summed E-state index contributed by atoms with van der Waals surface area (Å²) in [5.74, 6) is 1.68. The Morgan fingerprint density at radius 3 is 3.09 bits per heavy atom. The van der Waals surface area contributed by atoms with Gasteiger partial charge in [-0.05, 0) is 19.4 Å². The Balaban J connectivity index is 1.48. The van der Waals surface area contributed by atoms with Crippen molar-refractivity contribution in [3.63, 3.8) is 0 Å². The fourth-order valence-corrected chi connectivity index (χ4v) is 3.27. The second kappa shape index (κ2) is 5.86. The lowest BCUT2D eigenvalue weighted by Crippen LogP contribution is -2.31. The van der Waals surface area contributed by atoms with E-state index >= 15 is 0 Å². The predicted molar refractivity (Wildman–Crippen MR) is 84.4 cm³/mol. The first-order valence-corrected chi connectivity index (χ1v) is 7.95. The zero-order valence-corrected chi connectivity index (χ0v) is 13.4. The summed E-state index contributed by atoms with van der Waals surface area (Å²) in [5, 5.41) is 7.95. The lowest BCUT2D eigenvalue weighted by Gasteiger charge is -2.20. The van der Waals surface area contributed by atoms with Gasteiger partial charge in [0.15, 0.2) is 11.5 Å². The highest BCUT2D eigenvalue weighted by atomic mass is 16.7. The molecule has 6 heteroatoms. The number of aryl methyl sites for hydroxylation is 1. The van der Waals surface area contributed by atoms with Gasteiger partial charge in [0.1, 0.15) is 6.10 Å². The van der Waals surface area contributed by atoms with Crippen molar-refractivity contribution in [3.05, 3.63) is 41.2 Å². The van der Waals surface area contributed by atoms with Crippen LogP contribution in [0.4, 0.5) is 0 Å². The van der Waals surface area contributed by atoms with E-state index in [1.54, 1.807) is 0 Å². The van der Waals surface area contributed by atoms with Crippen molar-refractivity contribution in [2.75, 3.05) is 13.4 Å². The molecular formula is C17H21N3O3. The minimum absolute atomic E-state index is 0.0534. The maximum absolute atomic E-state index is 5.96. The van der Waals surface area contributed by atoms with Crippen molar-refractivity contribution in [2.24, 2.45) is 7.05 Å². The van der Waals surface area contributed by atoms with Crippen molar-refractivity contribution >= 4 is 0 Å². The molecule has 0 bridgehead atoms. The Morgan fingerprint density at radius 1 is 1.35 bits per heavy atom. The summed E-state index contributed by atoms with van der Waals surface area (Å²) < 4.78 is 18.9. The zero-order chi connectivity index (χ0) is 15.8. The van der Waals surface area contributed by atoms with E-state index in [2.05, 4.69) is 23.4 Å². The second-order valence-electron chi connectivity index (χ2n) is 6.03.